The molecule has 160 valence electrons. The second kappa shape index (κ2) is 12.7. The molecule has 0 aromatic heterocycles. The minimum atomic E-state index is -0.685. The number of aliphatic hydroxyl groups is 1. The van der Waals surface area contributed by atoms with Crippen molar-refractivity contribution in [3.63, 3.8) is 0 Å². The van der Waals surface area contributed by atoms with Gasteiger partial charge in [0.15, 0.2) is 0 Å². The van der Waals surface area contributed by atoms with Crippen LogP contribution >= 0.6 is 0 Å². The SMILES string of the molecule is CCC(CC=O)C(C)[C@@H](C)N(C)C[C@H](C)CC(C)(O)CCCC(C)C(C)=O. The van der Waals surface area contributed by atoms with Gasteiger partial charge < -0.3 is 14.8 Å². The van der Waals surface area contributed by atoms with Crippen molar-refractivity contribution in [3.05, 3.63) is 0 Å². The van der Waals surface area contributed by atoms with E-state index in [-0.39, 0.29) is 11.7 Å². The first-order valence-corrected chi connectivity index (χ1v) is 10.8. The molecule has 0 aromatic rings. The number of Topliss-reactive ketones (excluding diaryl/α,β-unsaturated/α-hetero) is 1. The van der Waals surface area contributed by atoms with Crippen LogP contribution in [0.1, 0.15) is 87.0 Å². The van der Waals surface area contributed by atoms with Gasteiger partial charge in [0.25, 0.3) is 0 Å². The summed E-state index contributed by atoms with van der Waals surface area (Å²) >= 11 is 0. The van der Waals surface area contributed by atoms with Crippen molar-refractivity contribution in [2.75, 3.05) is 13.6 Å². The standard InChI is InChI=1S/C23H45NO3/c1-9-22(12-14-25)19(4)20(5)24(8)16-17(2)15-23(7,27)13-10-11-18(3)21(6)26/h14,17-20,22,27H,9-13,15-16H2,1-8H3/t17-,18?,19?,20-,22?,23?/m1/s1. The van der Waals surface area contributed by atoms with Gasteiger partial charge in [-0.1, -0.05) is 34.1 Å². The highest BCUT2D eigenvalue weighted by molar-refractivity contribution is 5.77. The van der Waals surface area contributed by atoms with Crippen molar-refractivity contribution in [2.45, 2.75) is 98.6 Å². The number of carbonyl (C=O) groups excluding carboxylic acids is 2. The summed E-state index contributed by atoms with van der Waals surface area (Å²) < 4.78 is 0. The van der Waals surface area contributed by atoms with Crippen molar-refractivity contribution >= 4 is 12.1 Å². The predicted molar refractivity (Wildman–Crippen MR) is 114 cm³/mol. The summed E-state index contributed by atoms with van der Waals surface area (Å²) in [5, 5.41) is 10.8. The first-order valence-electron chi connectivity index (χ1n) is 10.8. The van der Waals surface area contributed by atoms with Crippen LogP contribution in [0.5, 0.6) is 0 Å². The number of rotatable bonds is 15. The lowest BCUT2D eigenvalue weighted by molar-refractivity contribution is -0.120. The third-order valence-corrected chi connectivity index (χ3v) is 6.56. The molecule has 4 nitrogen and oxygen atoms in total. The van der Waals surface area contributed by atoms with Gasteiger partial charge in [-0.15, -0.1) is 0 Å². The van der Waals surface area contributed by atoms with Gasteiger partial charge >= 0.3 is 0 Å². The van der Waals surface area contributed by atoms with E-state index in [1.807, 2.05) is 13.8 Å². The molecule has 27 heavy (non-hydrogen) atoms. The van der Waals surface area contributed by atoms with Crippen LogP contribution in [0, 0.1) is 23.7 Å². The van der Waals surface area contributed by atoms with Crippen molar-refractivity contribution in [1.82, 2.24) is 4.90 Å². The Labute approximate surface area is 168 Å². The van der Waals surface area contributed by atoms with Gasteiger partial charge in [0.2, 0.25) is 0 Å². The van der Waals surface area contributed by atoms with Gasteiger partial charge in [-0.05, 0) is 71.3 Å². The monoisotopic (exact) mass is 383 g/mol. The normalized spacial score (nSPS) is 19.8. The average molecular weight is 384 g/mol. The predicted octanol–water partition coefficient (Wildman–Crippen LogP) is 4.73. The molecule has 0 heterocycles. The van der Waals surface area contributed by atoms with Crippen molar-refractivity contribution in [2.24, 2.45) is 23.7 Å². The lowest BCUT2D eigenvalue weighted by atomic mass is 9.83. The summed E-state index contributed by atoms with van der Waals surface area (Å²) in [6, 6.07) is 0.402. The van der Waals surface area contributed by atoms with Crippen LogP contribution in [0.25, 0.3) is 0 Å². The Balaban J connectivity index is 4.49. The van der Waals surface area contributed by atoms with Crippen LogP contribution < -0.4 is 0 Å². The molecule has 6 atom stereocenters. The molecule has 0 saturated carbocycles. The lowest BCUT2D eigenvalue weighted by Gasteiger charge is -2.36. The van der Waals surface area contributed by atoms with Crippen LogP contribution in [0.4, 0.5) is 0 Å². The molecule has 0 bridgehead atoms. The van der Waals surface area contributed by atoms with Crippen LogP contribution in [-0.4, -0.2) is 47.3 Å². The molecule has 0 amide bonds. The number of hydrogen-bond donors (Lipinski definition) is 1. The Kier molecular flexibility index (Phi) is 12.3. The second-order valence-corrected chi connectivity index (χ2v) is 9.32. The zero-order chi connectivity index (χ0) is 21.2. The summed E-state index contributed by atoms with van der Waals surface area (Å²) in [7, 11) is 2.15. The van der Waals surface area contributed by atoms with Crippen LogP contribution in [-0.2, 0) is 9.59 Å². The van der Waals surface area contributed by atoms with E-state index in [1.165, 1.54) is 0 Å². The fourth-order valence-electron chi connectivity index (χ4n) is 4.24. The van der Waals surface area contributed by atoms with Gasteiger partial charge in [-0.3, -0.25) is 4.79 Å². The molecule has 4 heteroatoms. The van der Waals surface area contributed by atoms with E-state index in [9.17, 15) is 14.7 Å². The minimum Gasteiger partial charge on any atom is -0.390 e. The molecule has 0 aliphatic rings. The Bertz CT molecular complexity index is 435. The fourth-order valence-corrected chi connectivity index (χ4v) is 4.24. The van der Waals surface area contributed by atoms with Crippen molar-refractivity contribution in [1.29, 1.82) is 0 Å². The first-order chi connectivity index (χ1) is 12.4. The second-order valence-electron chi connectivity index (χ2n) is 9.32. The number of ketones is 1. The van der Waals surface area contributed by atoms with E-state index in [2.05, 4.69) is 39.6 Å². The molecule has 0 radical (unpaired) electrons. The summed E-state index contributed by atoms with van der Waals surface area (Å²) in [6.07, 6.45) is 5.95. The molecule has 0 spiro atoms. The van der Waals surface area contributed by atoms with Crippen molar-refractivity contribution in [3.8, 4) is 0 Å². The molecular formula is C23H45NO3. The third-order valence-electron chi connectivity index (χ3n) is 6.56. The molecule has 0 rings (SSSR count). The lowest BCUT2D eigenvalue weighted by Crippen LogP contribution is -2.41. The quantitative estimate of drug-likeness (QED) is 0.415. The van der Waals surface area contributed by atoms with E-state index >= 15 is 0 Å². The number of nitrogens with zero attached hydrogens (tertiary/aromatic N) is 1. The highest BCUT2D eigenvalue weighted by Gasteiger charge is 2.28. The summed E-state index contributed by atoms with van der Waals surface area (Å²) in [5.41, 5.74) is -0.685. The van der Waals surface area contributed by atoms with E-state index in [0.717, 1.165) is 44.9 Å². The highest BCUT2D eigenvalue weighted by atomic mass is 16.3. The van der Waals surface area contributed by atoms with Gasteiger partial charge in [-0.25, -0.2) is 0 Å². The molecule has 0 saturated heterocycles. The first kappa shape index (κ1) is 26.3. The van der Waals surface area contributed by atoms with E-state index < -0.39 is 5.60 Å². The molecule has 1 N–H and O–H groups in total. The van der Waals surface area contributed by atoms with Crippen LogP contribution in [0.2, 0.25) is 0 Å². The molecule has 0 aliphatic carbocycles. The Morgan fingerprint density at radius 2 is 1.81 bits per heavy atom. The zero-order valence-electron chi connectivity index (χ0n) is 19.1. The van der Waals surface area contributed by atoms with Gasteiger partial charge in [0, 0.05) is 24.9 Å². The highest BCUT2D eigenvalue weighted by Crippen LogP contribution is 2.27. The number of aldehydes is 1. The third kappa shape index (κ3) is 10.4. The van der Waals surface area contributed by atoms with Gasteiger partial charge in [0.05, 0.1) is 5.60 Å². The largest absolute Gasteiger partial charge is 0.390 e. The Morgan fingerprint density at radius 1 is 1.22 bits per heavy atom. The van der Waals surface area contributed by atoms with E-state index in [0.29, 0.717) is 30.2 Å². The van der Waals surface area contributed by atoms with E-state index in [1.54, 1.807) is 6.92 Å². The fraction of sp³-hybridized carbons (Fsp3) is 0.913. The summed E-state index contributed by atoms with van der Waals surface area (Å²) in [6.45, 7) is 15.3. The average Bonchev–Trinajstić information content (AvgIpc) is 2.57. The topological polar surface area (TPSA) is 57.6 Å². The molecular weight excluding hydrogens is 338 g/mol. The van der Waals surface area contributed by atoms with Gasteiger partial charge in [0.1, 0.15) is 12.1 Å². The molecule has 0 fully saturated rings. The zero-order valence-corrected chi connectivity index (χ0v) is 19.1. The van der Waals surface area contributed by atoms with Crippen LogP contribution in [0.3, 0.4) is 0 Å². The maximum atomic E-state index is 11.3. The van der Waals surface area contributed by atoms with Crippen LogP contribution in [0.15, 0.2) is 0 Å². The summed E-state index contributed by atoms with van der Waals surface area (Å²) in [5.74, 6) is 1.60. The van der Waals surface area contributed by atoms with Gasteiger partial charge in [-0.2, -0.15) is 0 Å². The minimum absolute atomic E-state index is 0.0876. The number of carbonyl (C=O) groups is 2. The smallest absolute Gasteiger partial charge is 0.132 e. The number of hydrogen-bond acceptors (Lipinski definition) is 4. The van der Waals surface area contributed by atoms with E-state index in [4.69, 9.17) is 0 Å². The molecule has 0 aliphatic heterocycles. The maximum absolute atomic E-state index is 11.3. The molecule has 4 unspecified atom stereocenters. The summed E-state index contributed by atoms with van der Waals surface area (Å²) in [4.78, 5) is 24.6. The Morgan fingerprint density at radius 3 is 2.30 bits per heavy atom. The molecule has 0 aromatic carbocycles. The maximum Gasteiger partial charge on any atom is 0.132 e. The van der Waals surface area contributed by atoms with Crippen molar-refractivity contribution < 1.29 is 14.7 Å². The Hall–Kier alpha value is -0.740.